The standard InChI is InChI=1S/C15H12F2O3/c16-15(17)20-13-8-4-7-12(9-18)14(13)19-10-11-5-2-1-3-6-11/h1-9,15H,10H2. The van der Waals surface area contributed by atoms with E-state index in [4.69, 9.17) is 4.74 Å². The molecule has 0 saturated heterocycles. The van der Waals surface area contributed by atoms with Gasteiger partial charge in [-0.3, -0.25) is 4.79 Å². The minimum absolute atomic E-state index is 0.0200. The second-order valence-corrected chi connectivity index (χ2v) is 3.95. The quantitative estimate of drug-likeness (QED) is 0.756. The maximum Gasteiger partial charge on any atom is 0.387 e. The zero-order valence-electron chi connectivity index (χ0n) is 10.5. The fourth-order valence-electron chi connectivity index (χ4n) is 1.70. The molecule has 104 valence electrons. The van der Waals surface area contributed by atoms with Gasteiger partial charge in [0.25, 0.3) is 0 Å². The summed E-state index contributed by atoms with van der Waals surface area (Å²) >= 11 is 0. The van der Waals surface area contributed by atoms with E-state index in [2.05, 4.69) is 4.74 Å². The van der Waals surface area contributed by atoms with Gasteiger partial charge in [-0.15, -0.1) is 0 Å². The number of ether oxygens (including phenoxy) is 2. The Morgan fingerprint density at radius 1 is 1.05 bits per heavy atom. The molecule has 2 aromatic carbocycles. The van der Waals surface area contributed by atoms with E-state index in [0.717, 1.165) is 5.56 Å². The molecule has 0 aliphatic carbocycles. The summed E-state index contributed by atoms with van der Waals surface area (Å²) in [6.45, 7) is -2.82. The zero-order valence-corrected chi connectivity index (χ0v) is 10.5. The smallest absolute Gasteiger partial charge is 0.387 e. The van der Waals surface area contributed by atoms with Crippen molar-refractivity contribution in [1.82, 2.24) is 0 Å². The van der Waals surface area contributed by atoms with E-state index < -0.39 is 6.61 Å². The van der Waals surface area contributed by atoms with Crippen LogP contribution >= 0.6 is 0 Å². The van der Waals surface area contributed by atoms with Crippen molar-refractivity contribution in [3.8, 4) is 11.5 Å². The van der Waals surface area contributed by atoms with Crippen LogP contribution in [-0.2, 0) is 6.61 Å². The van der Waals surface area contributed by atoms with Gasteiger partial charge < -0.3 is 9.47 Å². The van der Waals surface area contributed by atoms with Crippen LogP contribution in [0.25, 0.3) is 0 Å². The number of carbonyl (C=O) groups is 1. The van der Waals surface area contributed by atoms with Crippen LogP contribution in [0.3, 0.4) is 0 Å². The molecule has 0 radical (unpaired) electrons. The van der Waals surface area contributed by atoms with Crippen LogP contribution in [-0.4, -0.2) is 12.9 Å². The lowest BCUT2D eigenvalue weighted by atomic mass is 10.2. The van der Waals surface area contributed by atoms with E-state index in [9.17, 15) is 13.6 Å². The van der Waals surface area contributed by atoms with Crippen LogP contribution in [0.1, 0.15) is 15.9 Å². The Hall–Kier alpha value is -2.43. The average Bonchev–Trinajstić information content (AvgIpc) is 2.46. The van der Waals surface area contributed by atoms with Crippen LogP contribution in [0.2, 0.25) is 0 Å². The van der Waals surface area contributed by atoms with Gasteiger partial charge in [-0.1, -0.05) is 36.4 Å². The van der Waals surface area contributed by atoms with Crippen molar-refractivity contribution in [3.05, 3.63) is 59.7 Å². The Morgan fingerprint density at radius 2 is 1.80 bits per heavy atom. The van der Waals surface area contributed by atoms with E-state index >= 15 is 0 Å². The third kappa shape index (κ3) is 3.54. The molecule has 2 rings (SSSR count). The molecule has 0 aliphatic heterocycles. The van der Waals surface area contributed by atoms with Crippen molar-refractivity contribution in [1.29, 1.82) is 0 Å². The first kappa shape index (κ1) is 14.0. The third-order valence-electron chi connectivity index (χ3n) is 2.58. The average molecular weight is 278 g/mol. The summed E-state index contributed by atoms with van der Waals surface area (Å²) in [5, 5.41) is 0. The monoisotopic (exact) mass is 278 g/mol. The molecule has 0 aromatic heterocycles. The summed E-state index contributed by atoms with van der Waals surface area (Å²) in [4.78, 5) is 11.0. The SMILES string of the molecule is O=Cc1cccc(OC(F)F)c1OCc1ccccc1. The lowest BCUT2D eigenvalue weighted by Gasteiger charge is -2.13. The van der Waals surface area contributed by atoms with Gasteiger partial charge in [0, 0.05) is 0 Å². The lowest BCUT2D eigenvalue weighted by Crippen LogP contribution is -2.06. The van der Waals surface area contributed by atoms with Crippen LogP contribution in [0.4, 0.5) is 8.78 Å². The third-order valence-corrected chi connectivity index (χ3v) is 2.58. The highest BCUT2D eigenvalue weighted by molar-refractivity contribution is 5.81. The lowest BCUT2D eigenvalue weighted by molar-refractivity contribution is -0.0516. The molecule has 5 heteroatoms. The molecule has 0 spiro atoms. The summed E-state index contributed by atoms with van der Waals surface area (Å²) < 4.78 is 34.5. The van der Waals surface area contributed by atoms with E-state index in [0.29, 0.717) is 6.29 Å². The summed E-state index contributed by atoms with van der Waals surface area (Å²) in [7, 11) is 0. The molecule has 20 heavy (non-hydrogen) atoms. The van der Waals surface area contributed by atoms with Gasteiger partial charge in [0.05, 0.1) is 5.56 Å². The Kier molecular flexibility index (Phi) is 4.65. The number of rotatable bonds is 6. The highest BCUT2D eigenvalue weighted by Crippen LogP contribution is 2.32. The molecule has 0 atom stereocenters. The van der Waals surface area contributed by atoms with E-state index in [-0.39, 0.29) is 23.7 Å². The van der Waals surface area contributed by atoms with Gasteiger partial charge in [0.1, 0.15) is 6.61 Å². The van der Waals surface area contributed by atoms with Crippen molar-refractivity contribution >= 4 is 6.29 Å². The van der Waals surface area contributed by atoms with Crippen molar-refractivity contribution < 1.29 is 23.0 Å². The summed E-state index contributed by atoms with van der Waals surface area (Å²) in [5.74, 6) is -0.132. The van der Waals surface area contributed by atoms with Crippen LogP contribution < -0.4 is 9.47 Å². The van der Waals surface area contributed by atoms with Gasteiger partial charge in [-0.05, 0) is 17.7 Å². The number of para-hydroxylation sites is 1. The molecule has 0 aliphatic rings. The van der Waals surface area contributed by atoms with Crippen molar-refractivity contribution in [2.75, 3.05) is 0 Å². The number of halogens is 2. The highest BCUT2D eigenvalue weighted by Gasteiger charge is 2.14. The molecular weight excluding hydrogens is 266 g/mol. The summed E-state index contributed by atoms with van der Waals surface area (Å²) in [5.41, 5.74) is 1.02. The Morgan fingerprint density at radius 3 is 2.45 bits per heavy atom. The van der Waals surface area contributed by atoms with Gasteiger partial charge in [-0.25, -0.2) is 0 Å². The first-order chi connectivity index (χ1) is 9.70. The predicted molar refractivity (Wildman–Crippen MR) is 69.2 cm³/mol. The molecule has 0 fully saturated rings. The van der Waals surface area contributed by atoms with Gasteiger partial charge in [-0.2, -0.15) is 8.78 Å². The molecule has 0 saturated carbocycles. The molecule has 0 N–H and O–H groups in total. The molecule has 0 bridgehead atoms. The maximum absolute atomic E-state index is 12.3. The van der Waals surface area contributed by atoms with Crippen molar-refractivity contribution in [3.63, 3.8) is 0 Å². The zero-order chi connectivity index (χ0) is 14.4. The topological polar surface area (TPSA) is 35.5 Å². The van der Waals surface area contributed by atoms with E-state index in [1.807, 2.05) is 30.3 Å². The first-order valence-electron chi connectivity index (χ1n) is 5.90. The molecule has 3 nitrogen and oxygen atoms in total. The number of alkyl halides is 2. The normalized spacial score (nSPS) is 10.3. The number of carbonyl (C=O) groups excluding carboxylic acids is 1. The van der Waals surface area contributed by atoms with Crippen molar-refractivity contribution in [2.24, 2.45) is 0 Å². The van der Waals surface area contributed by atoms with Gasteiger partial charge >= 0.3 is 6.61 Å². The number of hydrogen-bond acceptors (Lipinski definition) is 3. The maximum atomic E-state index is 12.3. The first-order valence-corrected chi connectivity index (χ1v) is 5.90. The Balaban J connectivity index is 2.22. The van der Waals surface area contributed by atoms with Crippen LogP contribution in [0, 0.1) is 0 Å². The Labute approximate surface area is 114 Å². The molecule has 0 unspecified atom stereocenters. The van der Waals surface area contributed by atoms with Crippen LogP contribution in [0.5, 0.6) is 11.5 Å². The largest absolute Gasteiger partial charge is 0.484 e. The fraction of sp³-hybridized carbons (Fsp3) is 0.133. The Bertz CT molecular complexity index is 571. The molecular formula is C15H12F2O3. The fourth-order valence-corrected chi connectivity index (χ4v) is 1.70. The number of aldehydes is 1. The van der Waals surface area contributed by atoms with Gasteiger partial charge in [0.2, 0.25) is 0 Å². The minimum Gasteiger partial charge on any atom is -0.484 e. The second kappa shape index (κ2) is 6.65. The second-order valence-electron chi connectivity index (χ2n) is 3.95. The van der Waals surface area contributed by atoms with E-state index in [1.54, 1.807) is 0 Å². The number of hydrogen-bond donors (Lipinski definition) is 0. The highest BCUT2D eigenvalue weighted by atomic mass is 19.3. The van der Waals surface area contributed by atoms with Crippen LogP contribution in [0.15, 0.2) is 48.5 Å². The van der Waals surface area contributed by atoms with E-state index in [1.165, 1.54) is 18.2 Å². The minimum atomic E-state index is -2.98. The summed E-state index contributed by atoms with van der Waals surface area (Å²) in [6.07, 6.45) is 0.540. The van der Waals surface area contributed by atoms with Crippen molar-refractivity contribution in [2.45, 2.75) is 13.2 Å². The van der Waals surface area contributed by atoms with Gasteiger partial charge in [0.15, 0.2) is 17.8 Å². The molecule has 2 aromatic rings. The molecule has 0 heterocycles. The summed E-state index contributed by atoms with van der Waals surface area (Å²) in [6, 6.07) is 13.5. The predicted octanol–water partition coefficient (Wildman–Crippen LogP) is 3.68. The molecule has 0 amide bonds. The number of benzene rings is 2.